The van der Waals surface area contributed by atoms with Crippen LogP contribution in [0.5, 0.6) is 0 Å². The molecule has 1 aliphatic rings. The number of fused-ring (bicyclic) bond motifs is 1. The number of aromatic nitrogens is 5. The highest BCUT2D eigenvalue weighted by Gasteiger charge is 2.21. The Kier molecular flexibility index (Phi) is 4.70. The quantitative estimate of drug-likeness (QED) is 0.508. The van der Waals surface area contributed by atoms with Crippen molar-refractivity contribution in [2.45, 2.75) is 6.54 Å². The van der Waals surface area contributed by atoms with E-state index in [9.17, 15) is 4.91 Å². The minimum absolute atomic E-state index is 0.442. The molecule has 29 heavy (non-hydrogen) atoms. The van der Waals surface area contributed by atoms with E-state index in [1.807, 2.05) is 24.3 Å². The first-order chi connectivity index (χ1) is 14.3. The molecule has 0 radical (unpaired) electrons. The number of thiazole rings is 1. The van der Waals surface area contributed by atoms with Crippen LogP contribution in [0.1, 0.15) is 5.56 Å². The molecular formula is C19H18N8OS. The minimum Gasteiger partial charge on any atom is -0.345 e. The zero-order chi connectivity index (χ0) is 19.6. The van der Waals surface area contributed by atoms with E-state index >= 15 is 0 Å². The van der Waals surface area contributed by atoms with Gasteiger partial charge in [-0.25, -0.2) is 4.98 Å². The van der Waals surface area contributed by atoms with Crippen molar-refractivity contribution in [3.63, 3.8) is 0 Å². The van der Waals surface area contributed by atoms with Crippen molar-refractivity contribution in [2.75, 3.05) is 31.1 Å². The smallest absolute Gasteiger partial charge is 0.204 e. The standard InChI is InChI=1S/C19H18N8OS/c28-23-14-5-6-16-17(11-14)29-19(20-16)27-9-7-26(8-10-27)12-13-3-1-2-4-15(13)18-21-24-25-22-18/h1-6,11H,7-10,12H2,(H,21,22,24,25). The molecule has 0 amide bonds. The summed E-state index contributed by atoms with van der Waals surface area (Å²) >= 11 is 1.61. The first kappa shape index (κ1) is 17.8. The minimum atomic E-state index is 0.442. The lowest BCUT2D eigenvalue weighted by molar-refractivity contribution is 0.250. The number of nitrogens with zero attached hydrogens (tertiary/aromatic N) is 7. The second-order valence-corrected chi connectivity index (χ2v) is 7.90. The number of nitrogens with one attached hydrogen (secondary N) is 1. The van der Waals surface area contributed by atoms with Crippen molar-refractivity contribution in [3.8, 4) is 11.4 Å². The number of rotatable bonds is 5. The van der Waals surface area contributed by atoms with Crippen LogP contribution in [0.3, 0.4) is 0 Å². The molecule has 0 atom stereocenters. The number of piperazine rings is 1. The van der Waals surface area contributed by atoms with Gasteiger partial charge in [0.05, 0.1) is 10.2 Å². The van der Waals surface area contributed by atoms with Gasteiger partial charge >= 0.3 is 0 Å². The second kappa shape index (κ2) is 7.64. The van der Waals surface area contributed by atoms with E-state index in [0.29, 0.717) is 11.5 Å². The first-order valence-electron chi connectivity index (χ1n) is 9.33. The molecule has 0 spiro atoms. The third-order valence-electron chi connectivity index (χ3n) is 5.11. The third kappa shape index (κ3) is 3.59. The molecule has 1 saturated heterocycles. The summed E-state index contributed by atoms with van der Waals surface area (Å²) in [5.74, 6) is 0.623. The van der Waals surface area contributed by atoms with E-state index in [1.54, 1.807) is 23.5 Å². The van der Waals surface area contributed by atoms with Crippen molar-refractivity contribution in [3.05, 3.63) is 52.9 Å². The van der Waals surface area contributed by atoms with E-state index in [0.717, 1.165) is 53.6 Å². The molecule has 1 N–H and O–H groups in total. The Balaban J connectivity index is 1.27. The van der Waals surface area contributed by atoms with E-state index in [-0.39, 0.29) is 0 Å². The Morgan fingerprint density at radius 2 is 1.97 bits per heavy atom. The fourth-order valence-electron chi connectivity index (χ4n) is 3.58. The fraction of sp³-hybridized carbons (Fsp3) is 0.263. The molecule has 146 valence electrons. The van der Waals surface area contributed by atoms with E-state index in [4.69, 9.17) is 4.98 Å². The molecule has 10 heteroatoms. The molecule has 0 unspecified atom stereocenters. The number of anilines is 1. The molecular weight excluding hydrogens is 388 g/mol. The Morgan fingerprint density at radius 3 is 2.76 bits per heavy atom. The van der Waals surface area contributed by atoms with Crippen LogP contribution in [-0.2, 0) is 6.54 Å². The van der Waals surface area contributed by atoms with Crippen molar-refractivity contribution < 1.29 is 0 Å². The molecule has 2 aromatic carbocycles. The van der Waals surface area contributed by atoms with Crippen LogP contribution in [0.15, 0.2) is 47.6 Å². The first-order valence-corrected chi connectivity index (χ1v) is 10.1. The van der Waals surface area contributed by atoms with Gasteiger partial charge in [-0.15, -0.1) is 15.1 Å². The van der Waals surface area contributed by atoms with E-state index in [1.165, 1.54) is 5.56 Å². The Labute approximate surface area is 170 Å². The van der Waals surface area contributed by atoms with Gasteiger partial charge in [0.15, 0.2) is 5.13 Å². The van der Waals surface area contributed by atoms with Crippen LogP contribution in [0.2, 0.25) is 0 Å². The summed E-state index contributed by atoms with van der Waals surface area (Å²) in [6.07, 6.45) is 0. The summed E-state index contributed by atoms with van der Waals surface area (Å²) in [6.45, 7) is 4.54. The summed E-state index contributed by atoms with van der Waals surface area (Å²) in [6, 6.07) is 13.5. The number of H-pyrrole nitrogens is 1. The Bertz CT molecular complexity index is 1130. The van der Waals surface area contributed by atoms with Crippen LogP contribution < -0.4 is 4.90 Å². The summed E-state index contributed by atoms with van der Waals surface area (Å²) < 4.78 is 0.994. The molecule has 5 rings (SSSR count). The van der Waals surface area contributed by atoms with Gasteiger partial charge in [-0.1, -0.05) is 35.6 Å². The van der Waals surface area contributed by atoms with Crippen LogP contribution >= 0.6 is 11.3 Å². The highest BCUT2D eigenvalue weighted by atomic mass is 32.1. The van der Waals surface area contributed by atoms with Gasteiger partial charge < -0.3 is 4.90 Å². The van der Waals surface area contributed by atoms with Gasteiger partial charge in [-0.3, -0.25) is 4.90 Å². The van der Waals surface area contributed by atoms with Crippen molar-refractivity contribution >= 4 is 32.4 Å². The van der Waals surface area contributed by atoms with Gasteiger partial charge in [0.2, 0.25) is 5.82 Å². The zero-order valence-electron chi connectivity index (χ0n) is 15.5. The number of aromatic amines is 1. The van der Waals surface area contributed by atoms with Gasteiger partial charge in [0, 0.05) is 38.3 Å². The summed E-state index contributed by atoms with van der Waals surface area (Å²) in [5, 5.41) is 18.4. The van der Waals surface area contributed by atoms with Gasteiger partial charge in [-0.2, -0.15) is 5.21 Å². The second-order valence-electron chi connectivity index (χ2n) is 6.90. The average Bonchev–Trinajstić information content (AvgIpc) is 3.44. The van der Waals surface area contributed by atoms with Crippen LogP contribution in [0.4, 0.5) is 10.8 Å². The predicted octanol–water partition coefficient (Wildman–Crippen LogP) is 3.20. The van der Waals surface area contributed by atoms with Crippen LogP contribution in [-0.4, -0.2) is 56.7 Å². The lowest BCUT2D eigenvalue weighted by Gasteiger charge is -2.34. The Morgan fingerprint density at radius 1 is 1.10 bits per heavy atom. The maximum Gasteiger partial charge on any atom is 0.204 e. The molecule has 0 aliphatic carbocycles. The highest BCUT2D eigenvalue weighted by molar-refractivity contribution is 7.22. The number of benzene rings is 2. The number of hydrogen-bond donors (Lipinski definition) is 1. The van der Waals surface area contributed by atoms with Crippen LogP contribution in [0, 0.1) is 4.91 Å². The molecule has 9 nitrogen and oxygen atoms in total. The zero-order valence-corrected chi connectivity index (χ0v) is 16.3. The summed E-state index contributed by atoms with van der Waals surface area (Å²) in [4.78, 5) is 20.2. The normalized spacial score (nSPS) is 15.1. The van der Waals surface area contributed by atoms with Gasteiger partial charge in [0.25, 0.3) is 0 Å². The molecule has 0 saturated carbocycles. The lowest BCUT2D eigenvalue weighted by Crippen LogP contribution is -2.46. The topological polar surface area (TPSA) is 103 Å². The summed E-state index contributed by atoms with van der Waals surface area (Å²) in [7, 11) is 0. The molecule has 2 aromatic heterocycles. The maximum absolute atomic E-state index is 10.7. The van der Waals surface area contributed by atoms with E-state index in [2.05, 4.69) is 41.7 Å². The van der Waals surface area contributed by atoms with Crippen molar-refractivity contribution in [2.24, 2.45) is 5.18 Å². The highest BCUT2D eigenvalue weighted by Crippen LogP contribution is 2.32. The largest absolute Gasteiger partial charge is 0.345 e. The monoisotopic (exact) mass is 406 g/mol. The number of tetrazole rings is 1. The lowest BCUT2D eigenvalue weighted by atomic mass is 10.1. The maximum atomic E-state index is 10.7. The average molecular weight is 406 g/mol. The summed E-state index contributed by atoms with van der Waals surface area (Å²) in [5.41, 5.74) is 3.55. The van der Waals surface area contributed by atoms with Crippen LogP contribution in [0.25, 0.3) is 21.6 Å². The van der Waals surface area contributed by atoms with Gasteiger partial charge in [0.1, 0.15) is 5.69 Å². The number of nitroso groups, excluding NO2 is 1. The molecule has 4 aromatic rings. The van der Waals surface area contributed by atoms with Crippen molar-refractivity contribution in [1.29, 1.82) is 0 Å². The predicted molar refractivity (Wildman–Crippen MR) is 112 cm³/mol. The van der Waals surface area contributed by atoms with E-state index < -0.39 is 0 Å². The number of hydrogen-bond acceptors (Lipinski definition) is 9. The molecule has 1 fully saturated rings. The van der Waals surface area contributed by atoms with Gasteiger partial charge in [-0.05, 0) is 34.2 Å². The SMILES string of the molecule is O=Nc1ccc2nc(N3CCN(Cc4ccccc4-c4nn[nH]n4)CC3)sc2c1. The molecule has 1 aliphatic heterocycles. The van der Waals surface area contributed by atoms with Crippen molar-refractivity contribution in [1.82, 2.24) is 30.5 Å². The third-order valence-corrected chi connectivity index (χ3v) is 6.19. The fourth-order valence-corrected chi connectivity index (χ4v) is 4.63. The molecule has 0 bridgehead atoms. The molecule has 3 heterocycles. The Hall–Kier alpha value is -3.24.